The highest BCUT2D eigenvalue weighted by Gasteiger charge is 2.18. The van der Waals surface area contributed by atoms with Crippen molar-refractivity contribution in [2.24, 2.45) is 5.73 Å². The molecule has 0 radical (unpaired) electrons. The van der Waals surface area contributed by atoms with Crippen LogP contribution in [0.4, 0.5) is 4.79 Å². The minimum atomic E-state index is -1.74. The number of aromatic amines is 1. The number of amides is 2. The Bertz CT molecular complexity index is 465. The van der Waals surface area contributed by atoms with Gasteiger partial charge in [-0.1, -0.05) is 12.1 Å². The Balaban J connectivity index is 2.32. The molecule has 2 rings (SSSR count). The minimum Gasteiger partial charge on any atom is -0.585 e. The summed E-state index contributed by atoms with van der Waals surface area (Å²) in [7, 11) is 0. The Hall–Kier alpha value is -1.73. The lowest BCUT2D eigenvalue weighted by atomic mass is 10.3. The smallest absolute Gasteiger partial charge is 0.354 e. The molecule has 1 aromatic carbocycles. The number of nitrogens with one attached hydrogen (secondary N) is 2. The first-order valence-corrected chi connectivity index (χ1v) is 5.24. The highest BCUT2D eigenvalue weighted by atomic mass is 32.2. The molecule has 2 amide bonds. The maximum Gasteiger partial charge on any atom is 0.354 e. The average molecular weight is 224 g/mol. The molecule has 1 unspecified atom stereocenters. The molecule has 78 valence electrons. The zero-order valence-electron chi connectivity index (χ0n) is 7.56. The summed E-state index contributed by atoms with van der Waals surface area (Å²) in [5.41, 5.74) is 6.28. The molecule has 6 nitrogen and oxygen atoms in total. The summed E-state index contributed by atoms with van der Waals surface area (Å²) in [5, 5.41) is 0.176. The standard InChI is InChI=1S/C8H8N4O2S/c9-7(13)12-15(14)8-10-5-3-1-2-4-6(5)11-8/h1-4H,(H,10,11)(H3,9,12,13). The van der Waals surface area contributed by atoms with Gasteiger partial charge in [-0.3, -0.25) is 4.98 Å². The number of urea groups is 1. The molecule has 0 aliphatic heterocycles. The molecule has 0 saturated heterocycles. The predicted octanol–water partition coefficient (Wildman–Crippen LogP) is 0.254. The van der Waals surface area contributed by atoms with Gasteiger partial charge in [0.25, 0.3) is 0 Å². The van der Waals surface area contributed by atoms with E-state index >= 15 is 0 Å². The maximum atomic E-state index is 11.4. The summed E-state index contributed by atoms with van der Waals surface area (Å²) >= 11 is -1.74. The second kappa shape index (κ2) is 3.79. The van der Waals surface area contributed by atoms with E-state index in [2.05, 4.69) is 9.97 Å². The monoisotopic (exact) mass is 224 g/mol. The van der Waals surface area contributed by atoms with E-state index in [1.807, 2.05) is 16.9 Å². The predicted molar refractivity (Wildman–Crippen MR) is 55.2 cm³/mol. The van der Waals surface area contributed by atoms with Crippen molar-refractivity contribution in [1.29, 1.82) is 0 Å². The Morgan fingerprint density at radius 3 is 2.93 bits per heavy atom. The number of benzene rings is 1. The molecule has 15 heavy (non-hydrogen) atoms. The van der Waals surface area contributed by atoms with Crippen molar-refractivity contribution >= 4 is 28.4 Å². The van der Waals surface area contributed by atoms with E-state index in [9.17, 15) is 9.35 Å². The number of nitrogens with two attached hydrogens (primary N) is 1. The lowest BCUT2D eigenvalue weighted by Crippen LogP contribution is -2.35. The third-order valence-corrected chi connectivity index (χ3v) is 2.67. The quantitative estimate of drug-likeness (QED) is 0.636. The van der Waals surface area contributed by atoms with E-state index in [0.717, 1.165) is 5.52 Å². The number of carbonyl (C=O) groups is 1. The number of primary amides is 1. The van der Waals surface area contributed by atoms with Crippen LogP contribution in [0, 0.1) is 0 Å². The van der Waals surface area contributed by atoms with Gasteiger partial charge in [0.15, 0.2) is 0 Å². The SMILES string of the molecule is NC(=O)N[S+]([O-])c1nc2ccccc2[nH]1. The van der Waals surface area contributed by atoms with Crippen LogP contribution in [0.25, 0.3) is 11.0 Å². The highest BCUT2D eigenvalue weighted by molar-refractivity contribution is 7.89. The number of aromatic nitrogens is 2. The lowest BCUT2D eigenvalue weighted by molar-refractivity contribution is 0.253. The average Bonchev–Trinajstić information content (AvgIpc) is 2.59. The first-order chi connectivity index (χ1) is 7.16. The van der Waals surface area contributed by atoms with Gasteiger partial charge >= 0.3 is 11.2 Å². The van der Waals surface area contributed by atoms with E-state index in [4.69, 9.17) is 5.73 Å². The third kappa shape index (κ3) is 2.03. The second-order valence-corrected chi connectivity index (χ2v) is 3.92. The van der Waals surface area contributed by atoms with Gasteiger partial charge in [-0.2, -0.15) is 4.98 Å². The lowest BCUT2D eigenvalue weighted by Gasteiger charge is -2.03. The number of hydrogen-bond acceptors (Lipinski definition) is 3. The first kappa shape index (κ1) is 9.81. The molecule has 0 aliphatic rings. The molecule has 1 atom stereocenters. The van der Waals surface area contributed by atoms with Gasteiger partial charge in [-0.15, -0.1) is 4.72 Å². The number of H-pyrrole nitrogens is 1. The first-order valence-electron chi connectivity index (χ1n) is 4.09. The van der Waals surface area contributed by atoms with Crippen LogP contribution in [0.3, 0.4) is 0 Å². The van der Waals surface area contributed by atoms with E-state index in [0.29, 0.717) is 5.52 Å². The Kier molecular flexibility index (Phi) is 2.48. The van der Waals surface area contributed by atoms with Crippen LogP contribution in [-0.2, 0) is 11.4 Å². The molecule has 0 saturated carbocycles. The number of hydrogen-bond donors (Lipinski definition) is 3. The number of rotatable bonds is 2. The molecule has 2 aromatic rings. The number of carbonyl (C=O) groups excluding carboxylic acids is 1. The highest BCUT2D eigenvalue weighted by Crippen LogP contribution is 2.13. The Morgan fingerprint density at radius 2 is 2.27 bits per heavy atom. The molecular weight excluding hydrogens is 216 g/mol. The molecule has 7 heteroatoms. The number of para-hydroxylation sites is 2. The fourth-order valence-corrected chi connectivity index (χ4v) is 1.82. The van der Waals surface area contributed by atoms with Crippen molar-refractivity contribution in [2.45, 2.75) is 5.16 Å². The van der Waals surface area contributed by atoms with Gasteiger partial charge in [0.1, 0.15) is 11.4 Å². The van der Waals surface area contributed by atoms with E-state index in [1.165, 1.54) is 0 Å². The molecule has 1 heterocycles. The van der Waals surface area contributed by atoms with Crippen molar-refractivity contribution in [3.05, 3.63) is 24.3 Å². The summed E-state index contributed by atoms with van der Waals surface area (Å²) in [4.78, 5) is 17.3. The van der Waals surface area contributed by atoms with E-state index in [1.54, 1.807) is 12.1 Å². The summed E-state index contributed by atoms with van der Waals surface area (Å²) < 4.78 is 13.5. The minimum absolute atomic E-state index is 0.176. The topological polar surface area (TPSA) is 107 Å². The zero-order chi connectivity index (χ0) is 10.8. The molecule has 0 aliphatic carbocycles. The van der Waals surface area contributed by atoms with Crippen LogP contribution in [0.1, 0.15) is 0 Å². The van der Waals surface area contributed by atoms with Gasteiger partial charge in [0.05, 0.1) is 11.0 Å². The van der Waals surface area contributed by atoms with Gasteiger partial charge in [-0.05, 0) is 12.1 Å². The van der Waals surface area contributed by atoms with Crippen LogP contribution in [0.5, 0.6) is 0 Å². The van der Waals surface area contributed by atoms with Gasteiger partial charge in [0.2, 0.25) is 0 Å². The summed E-state index contributed by atoms with van der Waals surface area (Å²) in [6.07, 6.45) is 0. The maximum absolute atomic E-state index is 11.4. The number of nitrogens with zero attached hydrogens (tertiary/aromatic N) is 1. The zero-order valence-corrected chi connectivity index (χ0v) is 8.38. The Labute approximate surface area is 88.2 Å². The van der Waals surface area contributed by atoms with Gasteiger partial charge in [0, 0.05) is 0 Å². The summed E-state index contributed by atoms with van der Waals surface area (Å²) in [5.74, 6) is 0. The summed E-state index contributed by atoms with van der Waals surface area (Å²) in [6.45, 7) is 0. The Morgan fingerprint density at radius 1 is 1.53 bits per heavy atom. The normalized spacial score (nSPS) is 12.6. The van der Waals surface area contributed by atoms with Crippen molar-refractivity contribution in [3.8, 4) is 0 Å². The molecular formula is C8H8N4O2S. The molecule has 0 bridgehead atoms. The third-order valence-electron chi connectivity index (χ3n) is 1.74. The van der Waals surface area contributed by atoms with Crippen molar-refractivity contribution in [1.82, 2.24) is 14.7 Å². The van der Waals surface area contributed by atoms with Gasteiger partial charge in [-0.25, -0.2) is 4.79 Å². The van der Waals surface area contributed by atoms with Crippen LogP contribution in [0.15, 0.2) is 29.4 Å². The van der Waals surface area contributed by atoms with Gasteiger partial charge < -0.3 is 10.3 Å². The summed E-state index contributed by atoms with van der Waals surface area (Å²) in [6, 6.07) is 6.37. The molecule has 0 spiro atoms. The van der Waals surface area contributed by atoms with Crippen molar-refractivity contribution in [2.75, 3.05) is 0 Å². The fraction of sp³-hybridized carbons (Fsp3) is 0. The van der Waals surface area contributed by atoms with Crippen LogP contribution < -0.4 is 10.5 Å². The van der Waals surface area contributed by atoms with Crippen LogP contribution in [-0.4, -0.2) is 20.6 Å². The fourth-order valence-electron chi connectivity index (χ4n) is 1.16. The van der Waals surface area contributed by atoms with Crippen LogP contribution in [0.2, 0.25) is 0 Å². The van der Waals surface area contributed by atoms with E-state index < -0.39 is 17.4 Å². The number of imidazole rings is 1. The molecule has 0 fully saturated rings. The molecule has 4 N–H and O–H groups in total. The van der Waals surface area contributed by atoms with Crippen LogP contribution >= 0.6 is 0 Å². The second-order valence-electron chi connectivity index (χ2n) is 2.79. The number of fused-ring (bicyclic) bond motifs is 1. The van der Waals surface area contributed by atoms with E-state index in [-0.39, 0.29) is 5.16 Å². The van der Waals surface area contributed by atoms with Crippen molar-refractivity contribution in [3.63, 3.8) is 0 Å². The van der Waals surface area contributed by atoms with Crippen molar-refractivity contribution < 1.29 is 9.35 Å². The molecule has 1 aromatic heterocycles. The largest absolute Gasteiger partial charge is 0.585 e.